The topological polar surface area (TPSA) is 42.0 Å². The highest BCUT2D eigenvalue weighted by Crippen LogP contribution is 2.33. The van der Waals surface area contributed by atoms with Crippen LogP contribution >= 0.6 is 38.5 Å². The maximum atomic E-state index is 13.3. The van der Waals surface area contributed by atoms with E-state index in [0.29, 0.717) is 5.56 Å². The molecule has 0 saturated heterocycles. The summed E-state index contributed by atoms with van der Waals surface area (Å²) in [6.07, 6.45) is 0. The Labute approximate surface area is 185 Å². The molecule has 0 radical (unpaired) electrons. The smallest absolute Gasteiger partial charge is 0.256 e. The van der Waals surface area contributed by atoms with Crippen molar-refractivity contribution < 1.29 is 4.79 Å². The van der Waals surface area contributed by atoms with Crippen molar-refractivity contribution in [1.82, 2.24) is 4.98 Å². The molecule has 0 aliphatic carbocycles. The quantitative estimate of drug-likeness (QED) is 0.288. The standard InChI is InChI=1S/C23H16BrIN2O/c1-14-20(23(28)26-19-13-6-5-12-18(19)25)16-10-7-11-17(24)22(16)27-21(14)15-8-3-2-4-9-15/h2-13H,1H3,(H,26,28). The van der Waals surface area contributed by atoms with Gasteiger partial charge in [0.05, 0.1) is 22.5 Å². The van der Waals surface area contributed by atoms with E-state index in [1.807, 2.05) is 79.7 Å². The van der Waals surface area contributed by atoms with Gasteiger partial charge in [0.2, 0.25) is 0 Å². The monoisotopic (exact) mass is 542 g/mol. The molecule has 0 aliphatic heterocycles. The third-order valence-corrected chi connectivity index (χ3v) is 6.19. The Bertz CT molecular complexity index is 1190. The molecule has 0 atom stereocenters. The molecule has 28 heavy (non-hydrogen) atoms. The molecule has 1 aromatic heterocycles. The van der Waals surface area contributed by atoms with Gasteiger partial charge in [0.25, 0.3) is 5.91 Å². The fourth-order valence-corrected chi connectivity index (χ4v) is 4.24. The molecule has 0 aliphatic rings. The highest BCUT2D eigenvalue weighted by atomic mass is 127. The van der Waals surface area contributed by atoms with Gasteiger partial charge >= 0.3 is 0 Å². The lowest BCUT2D eigenvalue weighted by atomic mass is 9.97. The van der Waals surface area contributed by atoms with Crippen molar-refractivity contribution in [2.45, 2.75) is 6.92 Å². The molecule has 0 unspecified atom stereocenters. The lowest BCUT2D eigenvalue weighted by molar-refractivity contribution is 0.102. The molecule has 1 amide bonds. The minimum atomic E-state index is -0.135. The summed E-state index contributed by atoms with van der Waals surface area (Å²) in [5, 5.41) is 3.90. The lowest BCUT2D eigenvalue weighted by Gasteiger charge is -2.16. The van der Waals surface area contributed by atoms with Crippen LogP contribution in [0.2, 0.25) is 0 Å². The summed E-state index contributed by atoms with van der Waals surface area (Å²) in [6.45, 7) is 1.96. The van der Waals surface area contributed by atoms with Gasteiger partial charge in [0.1, 0.15) is 0 Å². The number of carbonyl (C=O) groups excluding carboxylic acids is 1. The van der Waals surface area contributed by atoms with Crippen molar-refractivity contribution in [2.24, 2.45) is 0 Å². The summed E-state index contributed by atoms with van der Waals surface area (Å²) in [4.78, 5) is 18.2. The van der Waals surface area contributed by atoms with Gasteiger partial charge in [0.15, 0.2) is 0 Å². The first-order valence-electron chi connectivity index (χ1n) is 8.76. The highest BCUT2D eigenvalue weighted by Gasteiger charge is 2.20. The first-order valence-corrected chi connectivity index (χ1v) is 10.6. The summed E-state index contributed by atoms with van der Waals surface area (Å²) in [5.41, 5.74) is 4.88. The Hall–Kier alpha value is -2.25. The van der Waals surface area contributed by atoms with Crippen molar-refractivity contribution in [3.63, 3.8) is 0 Å². The fourth-order valence-electron chi connectivity index (χ4n) is 3.26. The summed E-state index contributed by atoms with van der Waals surface area (Å²) in [7, 11) is 0. The number of nitrogens with one attached hydrogen (secondary N) is 1. The van der Waals surface area contributed by atoms with Crippen molar-refractivity contribution in [3.8, 4) is 11.3 Å². The summed E-state index contributed by atoms with van der Waals surface area (Å²) < 4.78 is 1.86. The number of carbonyl (C=O) groups is 1. The van der Waals surface area contributed by atoms with Crippen LogP contribution in [0.1, 0.15) is 15.9 Å². The van der Waals surface area contributed by atoms with Crippen LogP contribution in [0.25, 0.3) is 22.2 Å². The SMILES string of the molecule is Cc1c(-c2ccccc2)nc2c(Br)cccc2c1C(=O)Nc1ccccc1I. The van der Waals surface area contributed by atoms with E-state index in [4.69, 9.17) is 4.98 Å². The predicted octanol–water partition coefficient (Wildman–Crippen LogP) is 6.83. The van der Waals surface area contributed by atoms with Crippen LogP contribution in [0.4, 0.5) is 5.69 Å². The van der Waals surface area contributed by atoms with Gasteiger partial charge in [-0.1, -0.05) is 54.6 Å². The van der Waals surface area contributed by atoms with Crippen LogP contribution in [0.5, 0.6) is 0 Å². The molecule has 3 aromatic carbocycles. The number of aromatic nitrogens is 1. The largest absolute Gasteiger partial charge is 0.321 e. The van der Waals surface area contributed by atoms with E-state index in [9.17, 15) is 4.79 Å². The van der Waals surface area contributed by atoms with E-state index in [1.165, 1.54) is 0 Å². The maximum absolute atomic E-state index is 13.3. The van der Waals surface area contributed by atoms with Crippen molar-refractivity contribution in [2.75, 3.05) is 5.32 Å². The third-order valence-electron chi connectivity index (χ3n) is 4.61. The summed E-state index contributed by atoms with van der Waals surface area (Å²) in [6, 6.07) is 23.5. The van der Waals surface area contributed by atoms with Gasteiger partial charge in [0, 0.05) is 19.0 Å². The van der Waals surface area contributed by atoms with Crippen molar-refractivity contribution in [3.05, 3.63) is 92.0 Å². The Morgan fingerprint density at radius 3 is 2.43 bits per heavy atom. The molecule has 4 rings (SSSR count). The van der Waals surface area contributed by atoms with Crippen LogP contribution in [0.3, 0.4) is 0 Å². The Morgan fingerprint density at radius 1 is 0.964 bits per heavy atom. The number of anilines is 1. The number of rotatable bonds is 3. The van der Waals surface area contributed by atoms with Gasteiger partial charge in [-0.05, 0) is 69.2 Å². The van der Waals surface area contributed by atoms with Crippen LogP contribution in [-0.2, 0) is 0 Å². The number of hydrogen-bond donors (Lipinski definition) is 1. The maximum Gasteiger partial charge on any atom is 0.256 e. The predicted molar refractivity (Wildman–Crippen MR) is 127 cm³/mol. The Morgan fingerprint density at radius 2 is 1.68 bits per heavy atom. The summed E-state index contributed by atoms with van der Waals surface area (Å²) >= 11 is 5.82. The number of nitrogens with zero attached hydrogens (tertiary/aromatic N) is 1. The molecular formula is C23H16BrIN2O. The zero-order valence-corrected chi connectivity index (χ0v) is 18.8. The average molecular weight is 543 g/mol. The third kappa shape index (κ3) is 3.56. The second-order valence-corrected chi connectivity index (χ2v) is 8.41. The minimum absolute atomic E-state index is 0.135. The number of halogens is 2. The second-order valence-electron chi connectivity index (χ2n) is 6.40. The molecule has 0 bridgehead atoms. The first-order chi connectivity index (χ1) is 13.6. The molecule has 0 saturated carbocycles. The van der Waals surface area contributed by atoms with Crippen LogP contribution in [-0.4, -0.2) is 10.9 Å². The number of fused-ring (bicyclic) bond motifs is 1. The van der Waals surface area contributed by atoms with E-state index in [1.54, 1.807) is 0 Å². The van der Waals surface area contributed by atoms with Crippen molar-refractivity contribution >= 4 is 61.0 Å². The lowest BCUT2D eigenvalue weighted by Crippen LogP contribution is -2.16. The molecule has 3 nitrogen and oxygen atoms in total. The molecule has 4 aromatic rings. The van der Waals surface area contributed by atoms with E-state index in [2.05, 4.69) is 43.8 Å². The second kappa shape index (κ2) is 8.01. The molecule has 0 fully saturated rings. The van der Waals surface area contributed by atoms with Gasteiger partial charge in [-0.2, -0.15) is 0 Å². The number of para-hydroxylation sites is 2. The molecular weight excluding hydrogens is 527 g/mol. The molecule has 1 N–H and O–H groups in total. The van der Waals surface area contributed by atoms with Gasteiger partial charge in [-0.15, -0.1) is 0 Å². The normalized spacial score (nSPS) is 10.8. The fraction of sp³-hybridized carbons (Fsp3) is 0.0435. The van der Waals surface area contributed by atoms with Gasteiger partial charge in [-0.25, -0.2) is 4.98 Å². The van der Waals surface area contributed by atoms with Crippen LogP contribution in [0, 0.1) is 10.5 Å². The number of pyridine rings is 1. The number of amides is 1. The molecule has 0 spiro atoms. The van der Waals surface area contributed by atoms with Gasteiger partial charge < -0.3 is 5.32 Å². The van der Waals surface area contributed by atoms with Crippen LogP contribution in [0.15, 0.2) is 77.3 Å². The van der Waals surface area contributed by atoms with E-state index >= 15 is 0 Å². The molecule has 1 heterocycles. The van der Waals surface area contributed by atoms with Crippen molar-refractivity contribution in [1.29, 1.82) is 0 Å². The zero-order chi connectivity index (χ0) is 19.7. The number of hydrogen-bond acceptors (Lipinski definition) is 2. The minimum Gasteiger partial charge on any atom is -0.321 e. The van der Waals surface area contributed by atoms with E-state index < -0.39 is 0 Å². The van der Waals surface area contributed by atoms with E-state index in [0.717, 1.165) is 41.5 Å². The Kier molecular flexibility index (Phi) is 5.46. The summed E-state index contributed by atoms with van der Waals surface area (Å²) in [5.74, 6) is -0.135. The molecule has 138 valence electrons. The molecule has 5 heteroatoms. The zero-order valence-electron chi connectivity index (χ0n) is 15.0. The van der Waals surface area contributed by atoms with E-state index in [-0.39, 0.29) is 5.91 Å². The highest BCUT2D eigenvalue weighted by molar-refractivity contribution is 14.1. The Balaban J connectivity index is 1.94. The average Bonchev–Trinajstić information content (AvgIpc) is 2.70. The number of benzene rings is 3. The first kappa shape index (κ1) is 19.1. The van der Waals surface area contributed by atoms with Crippen LogP contribution < -0.4 is 5.32 Å². The van der Waals surface area contributed by atoms with Gasteiger partial charge in [-0.3, -0.25) is 4.79 Å².